The predicted molar refractivity (Wildman–Crippen MR) is 87.3 cm³/mol. The standard InChI is InChI=1S/C18H25NO4/c1-12-5-6-13(2)16(9-12)23-11-17(20)19(15-7-8-15)10-14(3)18(21)22-4/h5-6,9,14-15H,7-8,10-11H2,1-4H3. The molecule has 1 aromatic carbocycles. The third-order valence-corrected chi connectivity index (χ3v) is 4.08. The number of hydrogen-bond donors (Lipinski definition) is 0. The average Bonchev–Trinajstić information content (AvgIpc) is 3.36. The molecule has 23 heavy (non-hydrogen) atoms. The Morgan fingerprint density at radius 2 is 2.00 bits per heavy atom. The lowest BCUT2D eigenvalue weighted by molar-refractivity contribution is -0.146. The fourth-order valence-electron chi connectivity index (χ4n) is 2.50. The second-order valence-corrected chi connectivity index (χ2v) is 6.26. The molecule has 1 aliphatic carbocycles. The van der Waals surface area contributed by atoms with Gasteiger partial charge >= 0.3 is 5.97 Å². The molecule has 1 saturated carbocycles. The van der Waals surface area contributed by atoms with Gasteiger partial charge < -0.3 is 14.4 Å². The highest BCUT2D eigenvalue weighted by atomic mass is 16.5. The van der Waals surface area contributed by atoms with Crippen LogP contribution in [0.25, 0.3) is 0 Å². The van der Waals surface area contributed by atoms with E-state index in [9.17, 15) is 9.59 Å². The maximum atomic E-state index is 12.5. The van der Waals surface area contributed by atoms with Crippen LogP contribution in [-0.4, -0.2) is 43.1 Å². The molecule has 126 valence electrons. The third kappa shape index (κ3) is 4.71. The molecule has 2 rings (SSSR count). The molecule has 5 nitrogen and oxygen atoms in total. The van der Waals surface area contributed by atoms with Gasteiger partial charge in [0.2, 0.25) is 0 Å². The highest BCUT2D eigenvalue weighted by Crippen LogP contribution is 2.28. The van der Waals surface area contributed by atoms with Crippen LogP contribution in [0.4, 0.5) is 0 Å². The zero-order valence-electron chi connectivity index (χ0n) is 14.3. The summed E-state index contributed by atoms with van der Waals surface area (Å²) in [6.07, 6.45) is 1.98. The Kier molecular flexibility index (Phi) is 5.64. The average molecular weight is 319 g/mol. The third-order valence-electron chi connectivity index (χ3n) is 4.08. The van der Waals surface area contributed by atoms with Crippen LogP contribution >= 0.6 is 0 Å². The van der Waals surface area contributed by atoms with Crippen molar-refractivity contribution in [3.8, 4) is 5.75 Å². The molecule has 1 atom stereocenters. The predicted octanol–water partition coefficient (Wildman–Crippen LogP) is 2.48. The monoisotopic (exact) mass is 319 g/mol. The molecular formula is C18H25NO4. The molecule has 0 spiro atoms. The highest BCUT2D eigenvalue weighted by molar-refractivity contribution is 5.80. The van der Waals surface area contributed by atoms with E-state index >= 15 is 0 Å². The number of methoxy groups -OCH3 is 1. The summed E-state index contributed by atoms with van der Waals surface area (Å²) < 4.78 is 10.4. The minimum atomic E-state index is -0.328. The molecule has 0 saturated heterocycles. The van der Waals surface area contributed by atoms with E-state index in [1.54, 1.807) is 11.8 Å². The Labute approximate surface area is 137 Å². The van der Waals surface area contributed by atoms with Gasteiger partial charge in [-0.05, 0) is 43.9 Å². The number of nitrogens with zero attached hydrogens (tertiary/aromatic N) is 1. The van der Waals surface area contributed by atoms with Gasteiger partial charge in [-0.1, -0.05) is 19.1 Å². The number of carbonyl (C=O) groups excluding carboxylic acids is 2. The lowest BCUT2D eigenvalue weighted by Gasteiger charge is -2.25. The second-order valence-electron chi connectivity index (χ2n) is 6.26. The Morgan fingerprint density at radius 1 is 1.30 bits per heavy atom. The van der Waals surface area contributed by atoms with Gasteiger partial charge in [-0.2, -0.15) is 0 Å². The Hall–Kier alpha value is -2.04. The van der Waals surface area contributed by atoms with E-state index in [2.05, 4.69) is 0 Å². The molecule has 1 fully saturated rings. The number of rotatable bonds is 7. The van der Waals surface area contributed by atoms with Gasteiger partial charge in [0.1, 0.15) is 5.75 Å². The Bertz CT molecular complexity index is 580. The van der Waals surface area contributed by atoms with Crippen molar-refractivity contribution < 1.29 is 19.1 Å². The first-order valence-corrected chi connectivity index (χ1v) is 7.99. The second kappa shape index (κ2) is 7.49. The Morgan fingerprint density at radius 3 is 2.61 bits per heavy atom. The van der Waals surface area contributed by atoms with E-state index < -0.39 is 0 Å². The van der Waals surface area contributed by atoms with Crippen LogP contribution in [-0.2, 0) is 14.3 Å². The fourth-order valence-corrected chi connectivity index (χ4v) is 2.50. The maximum Gasteiger partial charge on any atom is 0.310 e. The van der Waals surface area contributed by atoms with E-state index in [1.807, 2.05) is 32.0 Å². The molecular weight excluding hydrogens is 294 g/mol. The summed E-state index contributed by atoms with van der Waals surface area (Å²) in [4.78, 5) is 25.8. The smallest absolute Gasteiger partial charge is 0.310 e. The van der Waals surface area contributed by atoms with Gasteiger partial charge in [-0.3, -0.25) is 9.59 Å². The summed E-state index contributed by atoms with van der Waals surface area (Å²) in [5, 5.41) is 0. The van der Waals surface area contributed by atoms with E-state index in [-0.39, 0.29) is 30.4 Å². The summed E-state index contributed by atoms with van der Waals surface area (Å²) in [5.41, 5.74) is 2.10. The number of carbonyl (C=O) groups is 2. The number of ether oxygens (including phenoxy) is 2. The van der Waals surface area contributed by atoms with Gasteiger partial charge in [0.05, 0.1) is 13.0 Å². The molecule has 1 aliphatic rings. The largest absolute Gasteiger partial charge is 0.483 e. The van der Waals surface area contributed by atoms with Crippen molar-refractivity contribution in [1.82, 2.24) is 4.90 Å². The van der Waals surface area contributed by atoms with Crippen molar-refractivity contribution in [2.24, 2.45) is 5.92 Å². The lowest BCUT2D eigenvalue weighted by Crippen LogP contribution is -2.41. The fraction of sp³-hybridized carbons (Fsp3) is 0.556. The van der Waals surface area contributed by atoms with Gasteiger partial charge in [-0.15, -0.1) is 0 Å². The molecule has 1 amide bonds. The summed E-state index contributed by atoms with van der Waals surface area (Å²) >= 11 is 0. The molecule has 0 aromatic heterocycles. The summed E-state index contributed by atoms with van der Waals surface area (Å²) in [6.45, 7) is 6.10. The molecule has 5 heteroatoms. The van der Waals surface area contributed by atoms with Crippen LogP contribution in [0.5, 0.6) is 5.75 Å². The Balaban J connectivity index is 1.96. The number of hydrogen-bond acceptors (Lipinski definition) is 4. The number of aryl methyl sites for hydroxylation is 2. The first-order valence-electron chi connectivity index (χ1n) is 7.99. The molecule has 0 N–H and O–H groups in total. The SMILES string of the molecule is COC(=O)C(C)CN(C(=O)COc1cc(C)ccc1C)C1CC1. The van der Waals surface area contributed by atoms with Crippen molar-refractivity contribution in [3.05, 3.63) is 29.3 Å². The molecule has 0 radical (unpaired) electrons. The minimum absolute atomic E-state index is 0.00527. The van der Waals surface area contributed by atoms with Crippen molar-refractivity contribution >= 4 is 11.9 Å². The van der Waals surface area contributed by atoms with Gasteiger partial charge in [0.25, 0.3) is 5.91 Å². The van der Waals surface area contributed by atoms with E-state index in [1.165, 1.54) is 7.11 Å². The van der Waals surface area contributed by atoms with E-state index in [0.717, 1.165) is 29.7 Å². The van der Waals surface area contributed by atoms with Gasteiger partial charge in [-0.25, -0.2) is 0 Å². The molecule has 1 aromatic rings. The molecule has 1 unspecified atom stereocenters. The van der Waals surface area contributed by atoms with Crippen molar-refractivity contribution in [1.29, 1.82) is 0 Å². The summed E-state index contributed by atoms with van der Waals surface area (Å²) in [6, 6.07) is 6.16. The zero-order valence-corrected chi connectivity index (χ0v) is 14.3. The number of benzene rings is 1. The van der Waals surface area contributed by atoms with Crippen LogP contribution in [0.15, 0.2) is 18.2 Å². The van der Waals surface area contributed by atoms with E-state index in [4.69, 9.17) is 9.47 Å². The molecule has 0 heterocycles. The first kappa shape index (κ1) is 17.3. The topological polar surface area (TPSA) is 55.8 Å². The van der Waals surface area contributed by atoms with Crippen molar-refractivity contribution in [2.45, 2.75) is 39.7 Å². The first-order chi connectivity index (χ1) is 10.9. The maximum absolute atomic E-state index is 12.5. The minimum Gasteiger partial charge on any atom is -0.483 e. The van der Waals surface area contributed by atoms with E-state index in [0.29, 0.717) is 6.54 Å². The number of amides is 1. The van der Waals surface area contributed by atoms with Crippen LogP contribution < -0.4 is 4.74 Å². The van der Waals surface area contributed by atoms with Crippen LogP contribution in [0.1, 0.15) is 30.9 Å². The van der Waals surface area contributed by atoms with Gasteiger partial charge in [0, 0.05) is 12.6 Å². The van der Waals surface area contributed by atoms with Crippen LogP contribution in [0.3, 0.4) is 0 Å². The lowest BCUT2D eigenvalue weighted by atomic mass is 10.1. The summed E-state index contributed by atoms with van der Waals surface area (Å²) in [7, 11) is 1.37. The van der Waals surface area contributed by atoms with Gasteiger partial charge in [0.15, 0.2) is 6.61 Å². The molecule has 0 bridgehead atoms. The summed E-state index contributed by atoms with van der Waals surface area (Å²) in [5.74, 6) is 0.0309. The van der Waals surface area contributed by atoms with Crippen molar-refractivity contribution in [3.63, 3.8) is 0 Å². The zero-order chi connectivity index (χ0) is 17.0. The normalized spacial score (nSPS) is 15.0. The van der Waals surface area contributed by atoms with Crippen LogP contribution in [0, 0.1) is 19.8 Å². The highest BCUT2D eigenvalue weighted by Gasteiger charge is 2.34. The number of esters is 1. The van der Waals surface area contributed by atoms with Crippen LogP contribution in [0.2, 0.25) is 0 Å². The molecule has 0 aliphatic heterocycles. The quantitative estimate of drug-likeness (QED) is 0.725. The van der Waals surface area contributed by atoms with Crippen molar-refractivity contribution in [2.75, 3.05) is 20.3 Å².